The molecule has 0 aliphatic heterocycles. The van der Waals surface area contributed by atoms with Crippen LogP contribution in [0, 0.1) is 0 Å². The minimum absolute atomic E-state index is 0.0874. The van der Waals surface area contributed by atoms with Crippen LogP contribution in [0.1, 0.15) is 44.1 Å². The highest BCUT2D eigenvalue weighted by Crippen LogP contribution is 2.38. The fourth-order valence-corrected chi connectivity index (χ4v) is 2.49. The molecule has 0 aliphatic carbocycles. The van der Waals surface area contributed by atoms with Crippen molar-refractivity contribution in [2.75, 3.05) is 6.61 Å². The monoisotopic (exact) mass is 294 g/mol. The first-order valence-corrected chi connectivity index (χ1v) is 7.05. The van der Waals surface area contributed by atoms with E-state index in [1.54, 1.807) is 6.07 Å². The summed E-state index contributed by atoms with van der Waals surface area (Å²) in [6.07, 6.45) is 3.10. The van der Waals surface area contributed by atoms with E-state index < -0.39 is 0 Å². The highest BCUT2D eigenvalue weighted by molar-refractivity contribution is 6.35. The molecule has 1 nitrogen and oxygen atoms in total. The summed E-state index contributed by atoms with van der Waals surface area (Å²) in [5.74, 6) is 0.613. The fraction of sp³-hybridized carbons (Fsp3) is 0.538. The molecular weight excluding hydrogens is 279 g/mol. The van der Waals surface area contributed by atoms with Crippen LogP contribution in [0.15, 0.2) is 12.1 Å². The molecule has 0 aliphatic rings. The van der Waals surface area contributed by atoms with Crippen LogP contribution in [0.4, 0.5) is 0 Å². The van der Waals surface area contributed by atoms with E-state index in [-0.39, 0.29) is 5.38 Å². The lowest BCUT2D eigenvalue weighted by Gasteiger charge is -2.14. The lowest BCUT2D eigenvalue weighted by atomic mass is 10.1. The van der Waals surface area contributed by atoms with Gasteiger partial charge in [-0.1, -0.05) is 43.0 Å². The number of alkyl halides is 1. The van der Waals surface area contributed by atoms with Gasteiger partial charge in [0, 0.05) is 11.1 Å². The Balaban J connectivity index is 2.90. The SMILES string of the molecule is CCCCC(Cl)c1cc(Cl)c(OCC)cc1Cl. The molecule has 0 spiro atoms. The van der Waals surface area contributed by atoms with Gasteiger partial charge in [0.25, 0.3) is 0 Å². The number of hydrogen-bond acceptors (Lipinski definition) is 1. The molecule has 1 rings (SSSR count). The van der Waals surface area contributed by atoms with Crippen LogP contribution in [-0.4, -0.2) is 6.61 Å². The van der Waals surface area contributed by atoms with E-state index in [9.17, 15) is 0 Å². The first-order chi connectivity index (χ1) is 8.10. The van der Waals surface area contributed by atoms with E-state index in [0.29, 0.717) is 22.4 Å². The number of unbranched alkanes of at least 4 members (excludes halogenated alkanes) is 1. The van der Waals surface area contributed by atoms with Crippen LogP contribution in [0.3, 0.4) is 0 Å². The minimum Gasteiger partial charge on any atom is -0.492 e. The van der Waals surface area contributed by atoms with Gasteiger partial charge in [0.2, 0.25) is 0 Å². The highest BCUT2D eigenvalue weighted by atomic mass is 35.5. The smallest absolute Gasteiger partial charge is 0.139 e. The number of benzene rings is 1. The predicted octanol–water partition coefficient (Wildman–Crippen LogP) is 5.86. The number of halogens is 3. The van der Waals surface area contributed by atoms with Gasteiger partial charge in [0.05, 0.1) is 17.0 Å². The Morgan fingerprint density at radius 2 is 1.88 bits per heavy atom. The van der Waals surface area contributed by atoms with Crippen molar-refractivity contribution in [2.24, 2.45) is 0 Å². The van der Waals surface area contributed by atoms with E-state index in [2.05, 4.69) is 6.92 Å². The second-order valence-electron chi connectivity index (χ2n) is 3.85. The van der Waals surface area contributed by atoms with Gasteiger partial charge in [-0.15, -0.1) is 11.6 Å². The van der Waals surface area contributed by atoms with Gasteiger partial charge in [-0.3, -0.25) is 0 Å². The molecule has 0 aromatic heterocycles. The quantitative estimate of drug-likeness (QED) is 0.597. The lowest BCUT2D eigenvalue weighted by molar-refractivity contribution is 0.340. The number of rotatable bonds is 6. The molecule has 4 heteroatoms. The van der Waals surface area contributed by atoms with Crippen molar-refractivity contribution in [3.63, 3.8) is 0 Å². The van der Waals surface area contributed by atoms with Crippen LogP contribution in [0.5, 0.6) is 5.75 Å². The molecule has 96 valence electrons. The molecular formula is C13H17Cl3O. The molecule has 17 heavy (non-hydrogen) atoms. The maximum atomic E-state index is 6.31. The summed E-state index contributed by atoms with van der Waals surface area (Å²) in [6, 6.07) is 3.55. The van der Waals surface area contributed by atoms with Crippen LogP contribution < -0.4 is 4.74 Å². The van der Waals surface area contributed by atoms with E-state index in [0.717, 1.165) is 24.8 Å². The van der Waals surface area contributed by atoms with Crippen molar-refractivity contribution >= 4 is 34.8 Å². The molecule has 0 fully saturated rings. The molecule has 0 heterocycles. The topological polar surface area (TPSA) is 9.23 Å². The summed E-state index contributed by atoms with van der Waals surface area (Å²) in [7, 11) is 0. The zero-order valence-electron chi connectivity index (χ0n) is 10.1. The largest absolute Gasteiger partial charge is 0.492 e. The molecule has 0 N–H and O–H groups in total. The average molecular weight is 296 g/mol. The van der Waals surface area contributed by atoms with Gasteiger partial charge >= 0.3 is 0 Å². The zero-order valence-corrected chi connectivity index (χ0v) is 12.4. The molecule has 0 saturated heterocycles. The zero-order chi connectivity index (χ0) is 12.8. The molecule has 1 unspecified atom stereocenters. The summed E-state index contributed by atoms with van der Waals surface area (Å²) < 4.78 is 5.37. The lowest BCUT2D eigenvalue weighted by Crippen LogP contribution is -1.96. The van der Waals surface area contributed by atoms with Gasteiger partial charge in [-0.05, 0) is 25.0 Å². The Labute approximate surface area is 118 Å². The van der Waals surface area contributed by atoms with Crippen LogP contribution in [-0.2, 0) is 0 Å². The third-order valence-corrected chi connectivity index (χ3v) is 3.58. The van der Waals surface area contributed by atoms with Gasteiger partial charge in [0.15, 0.2) is 0 Å². The summed E-state index contributed by atoms with van der Waals surface area (Å²) in [5.41, 5.74) is 0.884. The first-order valence-electron chi connectivity index (χ1n) is 5.85. The van der Waals surface area contributed by atoms with Crippen molar-refractivity contribution < 1.29 is 4.74 Å². The Bertz CT molecular complexity index is 366. The standard InChI is InChI=1S/C13H17Cl3O/c1-3-5-6-10(14)9-7-12(16)13(17-4-2)8-11(9)15/h7-8,10H,3-6H2,1-2H3. The second-order valence-corrected chi connectivity index (χ2v) is 5.19. The Morgan fingerprint density at radius 3 is 2.47 bits per heavy atom. The van der Waals surface area contributed by atoms with Crippen molar-refractivity contribution in [3.05, 3.63) is 27.7 Å². The van der Waals surface area contributed by atoms with Gasteiger partial charge in [-0.2, -0.15) is 0 Å². The predicted molar refractivity (Wildman–Crippen MR) is 75.8 cm³/mol. The van der Waals surface area contributed by atoms with Crippen molar-refractivity contribution in [2.45, 2.75) is 38.5 Å². The molecule has 0 bridgehead atoms. The minimum atomic E-state index is -0.0874. The van der Waals surface area contributed by atoms with E-state index in [4.69, 9.17) is 39.5 Å². The van der Waals surface area contributed by atoms with Crippen molar-refractivity contribution in [3.8, 4) is 5.75 Å². The van der Waals surface area contributed by atoms with Gasteiger partial charge in [0.1, 0.15) is 5.75 Å². The maximum Gasteiger partial charge on any atom is 0.139 e. The molecule has 1 aromatic rings. The first kappa shape index (κ1) is 14.9. The van der Waals surface area contributed by atoms with Crippen molar-refractivity contribution in [1.29, 1.82) is 0 Å². The molecule has 0 amide bonds. The number of ether oxygens (including phenoxy) is 1. The Hall–Kier alpha value is -0.110. The van der Waals surface area contributed by atoms with E-state index in [1.807, 2.05) is 13.0 Å². The highest BCUT2D eigenvalue weighted by Gasteiger charge is 2.15. The summed E-state index contributed by atoms with van der Waals surface area (Å²) in [5, 5.41) is 1.10. The maximum absolute atomic E-state index is 6.31. The normalized spacial score (nSPS) is 12.5. The van der Waals surface area contributed by atoms with E-state index in [1.165, 1.54) is 0 Å². The second kappa shape index (κ2) is 7.35. The number of hydrogen-bond donors (Lipinski definition) is 0. The fourth-order valence-electron chi connectivity index (χ4n) is 1.59. The molecule has 0 radical (unpaired) electrons. The molecule has 1 atom stereocenters. The van der Waals surface area contributed by atoms with Gasteiger partial charge in [-0.25, -0.2) is 0 Å². The summed E-state index contributed by atoms with van der Waals surface area (Å²) in [4.78, 5) is 0. The Morgan fingerprint density at radius 1 is 1.18 bits per heavy atom. The average Bonchev–Trinajstić information content (AvgIpc) is 2.30. The van der Waals surface area contributed by atoms with E-state index >= 15 is 0 Å². The van der Waals surface area contributed by atoms with Crippen molar-refractivity contribution in [1.82, 2.24) is 0 Å². The third-order valence-electron chi connectivity index (χ3n) is 2.50. The molecule has 1 aromatic carbocycles. The van der Waals surface area contributed by atoms with Crippen LogP contribution >= 0.6 is 34.8 Å². The third kappa shape index (κ3) is 4.24. The van der Waals surface area contributed by atoms with Gasteiger partial charge < -0.3 is 4.74 Å². The van der Waals surface area contributed by atoms with Crippen LogP contribution in [0.2, 0.25) is 10.0 Å². The Kier molecular flexibility index (Phi) is 6.47. The van der Waals surface area contributed by atoms with Crippen LogP contribution in [0.25, 0.3) is 0 Å². The summed E-state index contributed by atoms with van der Waals surface area (Å²) in [6.45, 7) is 4.61. The molecule has 0 saturated carbocycles. The summed E-state index contributed by atoms with van der Waals surface area (Å²) >= 11 is 18.6.